The van der Waals surface area contributed by atoms with Gasteiger partial charge >= 0.3 is 5.97 Å². The number of benzene rings is 1. The lowest BCUT2D eigenvalue weighted by Crippen LogP contribution is -2.30. The number of aromatic nitrogens is 3. The number of nitrogens with zero attached hydrogens (tertiary/aromatic N) is 4. The molecule has 0 spiro atoms. The molecular formula is C21H23ClN4O5S. The van der Waals surface area contributed by atoms with Gasteiger partial charge in [0.2, 0.25) is 21.7 Å². The molecule has 9 nitrogen and oxygen atoms in total. The summed E-state index contributed by atoms with van der Waals surface area (Å²) < 4.78 is 37.2. The van der Waals surface area contributed by atoms with Crippen LogP contribution in [0.5, 0.6) is 0 Å². The largest absolute Gasteiger partial charge is 0.462 e. The number of halogens is 1. The molecule has 1 aromatic carbocycles. The lowest BCUT2D eigenvalue weighted by Gasteiger charge is -2.19. The molecule has 2 aromatic heterocycles. The topological polar surface area (TPSA) is 115 Å². The van der Waals surface area contributed by atoms with E-state index in [1.165, 1.54) is 22.5 Å². The molecule has 0 aliphatic rings. The number of ether oxygens (including phenoxy) is 1. The van der Waals surface area contributed by atoms with Gasteiger partial charge in [-0.2, -0.15) is 9.29 Å². The summed E-state index contributed by atoms with van der Waals surface area (Å²) in [5.41, 5.74) is 0.736. The van der Waals surface area contributed by atoms with Gasteiger partial charge in [-0.15, -0.1) is 0 Å². The molecular weight excluding hydrogens is 456 g/mol. The first-order valence-electron chi connectivity index (χ1n) is 10.1. The van der Waals surface area contributed by atoms with Crippen molar-refractivity contribution in [3.8, 4) is 11.4 Å². The highest BCUT2D eigenvalue weighted by molar-refractivity contribution is 7.89. The van der Waals surface area contributed by atoms with E-state index in [1.807, 2.05) is 6.07 Å². The first-order valence-corrected chi connectivity index (χ1v) is 11.9. The molecule has 0 radical (unpaired) electrons. The average molecular weight is 479 g/mol. The van der Waals surface area contributed by atoms with Crippen molar-refractivity contribution in [2.24, 2.45) is 0 Å². The Kier molecular flexibility index (Phi) is 7.94. The standard InChI is InChI=1S/C21H23ClN4O5S/c1-3-26(4-2)32(28,29)16-9-10-18(22)17(13-16)21(27)30-12-6-8-19-24-20(25-31-19)15-7-5-11-23-14-15/h5,7,9-11,13-14H,3-4,6,8,12H2,1-2H3. The second kappa shape index (κ2) is 10.7. The molecule has 0 aliphatic carbocycles. The van der Waals surface area contributed by atoms with Gasteiger partial charge in [-0.05, 0) is 36.8 Å². The smallest absolute Gasteiger partial charge is 0.339 e. The Morgan fingerprint density at radius 3 is 2.69 bits per heavy atom. The lowest BCUT2D eigenvalue weighted by atomic mass is 10.2. The quantitative estimate of drug-likeness (QED) is 0.320. The number of carbonyl (C=O) groups excluding carboxylic acids is 1. The fraction of sp³-hybridized carbons (Fsp3) is 0.333. The van der Waals surface area contributed by atoms with E-state index < -0.39 is 16.0 Å². The molecule has 11 heteroatoms. The van der Waals surface area contributed by atoms with E-state index in [-0.39, 0.29) is 22.1 Å². The van der Waals surface area contributed by atoms with Gasteiger partial charge in [0.1, 0.15) is 0 Å². The maximum absolute atomic E-state index is 12.7. The SMILES string of the molecule is CCN(CC)S(=O)(=O)c1ccc(Cl)c(C(=O)OCCCc2nc(-c3cccnc3)no2)c1. The van der Waals surface area contributed by atoms with Gasteiger partial charge in [0.05, 0.1) is 22.1 Å². The number of sulfonamides is 1. The van der Waals surface area contributed by atoms with Crippen LogP contribution in [0.1, 0.15) is 36.5 Å². The average Bonchev–Trinajstić information content (AvgIpc) is 3.27. The number of hydrogen-bond donors (Lipinski definition) is 0. The van der Waals surface area contributed by atoms with Crippen molar-refractivity contribution >= 4 is 27.6 Å². The minimum absolute atomic E-state index is 0.00319. The number of hydrogen-bond acceptors (Lipinski definition) is 8. The Morgan fingerprint density at radius 2 is 2.00 bits per heavy atom. The van der Waals surface area contributed by atoms with E-state index >= 15 is 0 Å². The molecule has 0 saturated heterocycles. The first kappa shape index (κ1) is 23.8. The third-order valence-electron chi connectivity index (χ3n) is 4.66. The minimum Gasteiger partial charge on any atom is -0.462 e. The van der Waals surface area contributed by atoms with Crippen LogP contribution in [0.2, 0.25) is 5.02 Å². The molecule has 0 aliphatic heterocycles. The van der Waals surface area contributed by atoms with Crippen LogP contribution >= 0.6 is 11.6 Å². The number of esters is 1. The van der Waals surface area contributed by atoms with Gasteiger partial charge in [0, 0.05) is 37.5 Å². The molecule has 170 valence electrons. The highest BCUT2D eigenvalue weighted by atomic mass is 35.5. The van der Waals surface area contributed by atoms with Gasteiger partial charge in [0.25, 0.3) is 0 Å². The monoisotopic (exact) mass is 478 g/mol. The first-order chi connectivity index (χ1) is 15.4. The molecule has 0 amide bonds. The molecule has 0 unspecified atom stereocenters. The summed E-state index contributed by atoms with van der Waals surface area (Å²) in [7, 11) is -3.72. The summed E-state index contributed by atoms with van der Waals surface area (Å²) in [4.78, 5) is 20.8. The summed E-state index contributed by atoms with van der Waals surface area (Å²) in [6, 6.07) is 7.60. The molecule has 32 heavy (non-hydrogen) atoms. The molecule has 0 saturated carbocycles. The maximum Gasteiger partial charge on any atom is 0.339 e. The normalized spacial score (nSPS) is 11.6. The fourth-order valence-electron chi connectivity index (χ4n) is 2.97. The zero-order valence-corrected chi connectivity index (χ0v) is 19.3. The number of rotatable bonds is 10. The summed E-state index contributed by atoms with van der Waals surface area (Å²) in [5.74, 6) is 0.140. The Balaban J connectivity index is 1.59. The fourth-order valence-corrected chi connectivity index (χ4v) is 4.65. The second-order valence-electron chi connectivity index (χ2n) is 6.72. The Bertz CT molecular complexity index is 1160. The number of carbonyl (C=O) groups is 1. The predicted octanol–water partition coefficient (Wildman–Crippen LogP) is 3.61. The summed E-state index contributed by atoms with van der Waals surface area (Å²) in [5, 5.41) is 4.03. The molecule has 0 bridgehead atoms. The van der Waals surface area contributed by atoms with E-state index in [2.05, 4.69) is 15.1 Å². The van der Waals surface area contributed by atoms with Gasteiger partial charge in [-0.25, -0.2) is 13.2 Å². The third-order valence-corrected chi connectivity index (χ3v) is 7.03. The molecule has 3 rings (SSSR count). The van der Waals surface area contributed by atoms with E-state index in [1.54, 1.807) is 32.3 Å². The zero-order valence-electron chi connectivity index (χ0n) is 17.7. The van der Waals surface area contributed by atoms with Crippen LogP contribution in [0.15, 0.2) is 52.1 Å². The van der Waals surface area contributed by atoms with Crippen molar-refractivity contribution in [1.82, 2.24) is 19.4 Å². The van der Waals surface area contributed by atoms with Crippen molar-refractivity contribution in [3.05, 3.63) is 59.2 Å². The van der Waals surface area contributed by atoms with Gasteiger partial charge in [-0.1, -0.05) is 30.6 Å². The maximum atomic E-state index is 12.7. The van der Waals surface area contributed by atoms with E-state index in [0.717, 1.165) is 5.56 Å². The summed E-state index contributed by atoms with van der Waals surface area (Å²) in [6.07, 6.45) is 4.13. The highest BCUT2D eigenvalue weighted by Crippen LogP contribution is 2.24. The van der Waals surface area contributed by atoms with Crippen molar-refractivity contribution < 1.29 is 22.5 Å². The van der Waals surface area contributed by atoms with Crippen molar-refractivity contribution in [3.63, 3.8) is 0 Å². The number of pyridine rings is 1. The Morgan fingerprint density at radius 1 is 1.22 bits per heavy atom. The van der Waals surface area contributed by atoms with Crippen LogP contribution in [0, 0.1) is 0 Å². The van der Waals surface area contributed by atoms with Crippen molar-refractivity contribution in [2.45, 2.75) is 31.6 Å². The predicted molar refractivity (Wildman–Crippen MR) is 118 cm³/mol. The second-order valence-corrected chi connectivity index (χ2v) is 9.07. The van der Waals surface area contributed by atoms with E-state index in [4.69, 9.17) is 20.9 Å². The number of aryl methyl sites for hydroxylation is 1. The van der Waals surface area contributed by atoms with E-state index in [0.29, 0.717) is 37.6 Å². The lowest BCUT2D eigenvalue weighted by molar-refractivity contribution is 0.0498. The molecule has 3 aromatic rings. The third kappa shape index (κ3) is 5.50. The minimum atomic E-state index is -3.72. The molecule has 0 fully saturated rings. The van der Waals surface area contributed by atoms with Crippen LogP contribution in [-0.4, -0.2) is 53.5 Å². The summed E-state index contributed by atoms with van der Waals surface area (Å²) in [6.45, 7) is 4.20. The molecule has 2 heterocycles. The van der Waals surface area contributed by atoms with Gasteiger partial charge in [-0.3, -0.25) is 4.98 Å². The highest BCUT2D eigenvalue weighted by Gasteiger charge is 2.24. The van der Waals surface area contributed by atoms with E-state index in [9.17, 15) is 13.2 Å². The van der Waals surface area contributed by atoms with Crippen LogP contribution < -0.4 is 0 Å². The van der Waals surface area contributed by atoms with Crippen molar-refractivity contribution in [1.29, 1.82) is 0 Å². The summed E-state index contributed by atoms with van der Waals surface area (Å²) >= 11 is 6.11. The van der Waals surface area contributed by atoms with Crippen molar-refractivity contribution in [2.75, 3.05) is 19.7 Å². The van der Waals surface area contributed by atoms with Gasteiger partial charge in [0.15, 0.2) is 0 Å². The Labute approximate surface area is 191 Å². The Hall–Kier alpha value is -2.82. The van der Waals surface area contributed by atoms with Gasteiger partial charge < -0.3 is 9.26 Å². The van der Waals surface area contributed by atoms with Crippen LogP contribution in [0.4, 0.5) is 0 Å². The van der Waals surface area contributed by atoms with Crippen LogP contribution in [0.25, 0.3) is 11.4 Å². The van der Waals surface area contributed by atoms with Crippen LogP contribution in [0.3, 0.4) is 0 Å². The molecule has 0 N–H and O–H groups in total. The zero-order chi connectivity index (χ0) is 23.1. The van der Waals surface area contributed by atoms with Crippen LogP contribution in [-0.2, 0) is 21.2 Å². The molecule has 0 atom stereocenters.